The van der Waals surface area contributed by atoms with E-state index in [1.165, 1.54) is 12.8 Å². The first-order valence-corrected chi connectivity index (χ1v) is 11.8. The first-order chi connectivity index (χ1) is 15.1. The van der Waals surface area contributed by atoms with Crippen LogP contribution in [0.1, 0.15) is 97.9 Å². The van der Waals surface area contributed by atoms with E-state index >= 15 is 0 Å². The SMILES string of the molecule is CCCCCCC(CCCCC)N(NC(=O)c1ccccc1)C(=O)c1ccc(C)cc1. The van der Waals surface area contributed by atoms with Crippen LogP contribution in [0, 0.1) is 6.92 Å². The maximum absolute atomic E-state index is 13.5. The summed E-state index contributed by atoms with van der Waals surface area (Å²) in [6, 6.07) is 16.7. The molecule has 2 aromatic rings. The molecule has 4 heteroatoms. The normalized spacial score (nSPS) is 11.7. The highest BCUT2D eigenvalue weighted by atomic mass is 16.2. The lowest BCUT2D eigenvalue weighted by molar-refractivity contribution is 0.0449. The quantitative estimate of drug-likeness (QED) is 0.305. The molecule has 0 spiro atoms. The van der Waals surface area contributed by atoms with Gasteiger partial charge in [0.2, 0.25) is 0 Å². The number of carbonyl (C=O) groups is 2. The maximum Gasteiger partial charge on any atom is 0.272 e. The number of hydrazine groups is 1. The Hall–Kier alpha value is -2.62. The van der Waals surface area contributed by atoms with Gasteiger partial charge in [-0.2, -0.15) is 0 Å². The van der Waals surface area contributed by atoms with Crippen molar-refractivity contribution in [2.45, 2.75) is 84.6 Å². The highest BCUT2D eigenvalue weighted by molar-refractivity contribution is 5.99. The molecule has 2 aromatic carbocycles. The number of aryl methyl sites for hydroxylation is 1. The van der Waals surface area contributed by atoms with E-state index in [1.807, 2.05) is 49.4 Å². The van der Waals surface area contributed by atoms with Crippen LogP contribution in [0.25, 0.3) is 0 Å². The molecule has 1 N–H and O–H groups in total. The average Bonchev–Trinajstić information content (AvgIpc) is 2.80. The molecule has 1 unspecified atom stereocenters. The van der Waals surface area contributed by atoms with Gasteiger partial charge in [-0.05, 0) is 44.0 Å². The predicted octanol–water partition coefficient (Wildman–Crippen LogP) is 6.70. The Morgan fingerprint density at radius 1 is 0.774 bits per heavy atom. The van der Waals surface area contributed by atoms with Gasteiger partial charge in [0.25, 0.3) is 11.8 Å². The molecule has 0 radical (unpaired) electrons. The van der Waals surface area contributed by atoms with Crippen molar-refractivity contribution in [2.24, 2.45) is 0 Å². The standard InChI is InChI=1S/C27H38N2O2/c1-4-6-8-13-17-25(16-10-7-5-2)29(27(31)24-20-18-22(3)19-21-24)28-26(30)23-14-11-9-12-15-23/h9,11-12,14-15,18-21,25H,4-8,10,13,16-17H2,1-3H3,(H,28,30). The number of hydrogen-bond donors (Lipinski definition) is 1. The largest absolute Gasteiger partial charge is 0.272 e. The molecule has 2 amide bonds. The highest BCUT2D eigenvalue weighted by Gasteiger charge is 2.26. The molecule has 0 heterocycles. The van der Waals surface area contributed by atoms with Gasteiger partial charge in [-0.3, -0.25) is 15.0 Å². The van der Waals surface area contributed by atoms with Crippen molar-refractivity contribution in [3.63, 3.8) is 0 Å². The first kappa shape index (κ1) is 24.6. The lowest BCUT2D eigenvalue weighted by Gasteiger charge is -2.32. The van der Waals surface area contributed by atoms with Crippen LogP contribution in [0.4, 0.5) is 0 Å². The van der Waals surface area contributed by atoms with Crippen molar-refractivity contribution in [1.29, 1.82) is 0 Å². The van der Waals surface area contributed by atoms with Gasteiger partial charge in [-0.25, -0.2) is 5.01 Å². The first-order valence-electron chi connectivity index (χ1n) is 11.8. The topological polar surface area (TPSA) is 49.4 Å². The van der Waals surface area contributed by atoms with E-state index in [9.17, 15) is 9.59 Å². The molecular weight excluding hydrogens is 384 g/mol. The van der Waals surface area contributed by atoms with E-state index in [1.54, 1.807) is 17.1 Å². The summed E-state index contributed by atoms with van der Waals surface area (Å²) in [5.41, 5.74) is 5.23. The number of amides is 2. The Bertz CT molecular complexity index is 787. The molecular formula is C27H38N2O2. The number of nitrogens with one attached hydrogen (secondary N) is 1. The van der Waals surface area contributed by atoms with Gasteiger partial charge in [-0.1, -0.05) is 94.7 Å². The van der Waals surface area contributed by atoms with Crippen LogP contribution in [-0.4, -0.2) is 22.9 Å². The van der Waals surface area contributed by atoms with E-state index in [2.05, 4.69) is 19.3 Å². The summed E-state index contributed by atoms with van der Waals surface area (Å²) in [5.74, 6) is -0.378. The van der Waals surface area contributed by atoms with Gasteiger partial charge in [0.05, 0.1) is 6.04 Å². The average molecular weight is 423 g/mol. The van der Waals surface area contributed by atoms with Crippen molar-refractivity contribution >= 4 is 11.8 Å². The zero-order chi connectivity index (χ0) is 22.5. The lowest BCUT2D eigenvalue weighted by Crippen LogP contribution is -2.52. The zero-order valence-corrected chi connectivity index (χ0v) is 19.4. The Balaban J connectivity index is 2.26. The predicted molar refractivity (Wildman–Crippen MR) is 128 cm³/mol. The van der Waals surface area contributed by atoms with Crippen molar-refractivity contribution < 1.29 is 9.59 Å². The third-order valence-electron chi connectivity index (χ3n) is 5.67. The molecule has 31 heavy (non-hydrogen) atoms. The third-order valence-corrected chi connectivity index (χ3v) is 5.67. The summed E-state index contributed by atoms with van der Waals surface area (Å²) in [7, 11) is 0. The summed E-state index contributed by atoms with van der Waals surface area (Å²) in [5, 5.41) is 1.61. The Kier molecular flexibility index (Phi) is 10.8. The molecule has 168 valence electrons. The molecule has 0 aliphatic heterocycles. The zero-order valence-electron chi connectivity index (χ0n) is 19.4. The van der Waals surface area contributed by atoms with Gasteiger partial charge in [-0.15, -0.1) is 0 Å². The fourth-order valence-electron chi connectivity index (χ4n) is 3.75. The molecule has 0 aromatic heterocycles. The molecule has 2 rings (SSSR count). The van der Waals surface area contributed by atoms with Gasteiger partial charge >= 0.3 is 0 Å². The second-order valence-electron chi connectivity index (χ2n) is 8.35. The molecule has 0 saturated carbocycles. The lowest BCUT2D eigenvalue weighted by atomic mass is 10.00. The highest BCUT2D eigenvalue weighted by Crippen LogP contribution is 2.19. The Morgan fingerprint density at radius 3 is 1.97 bits per heavy atom. The van der Waals surface area contributed by atoms with Crippen molar-refractivity contribution in [3.8, 4) is 0 Å². The number of benzene rings is 2. The molecule has 0 aliphatic rings. The summed E-state index contributed by atoms with van der Waals surface area (Å²) < 4.78 is 0. The molecule has 0 aliphatic carbocycles. The van der Waals surface area contributed by atoms with Gasteiger partial charge in [0.15, 0.2) is 0 Å². The van der Waals surface area contributed by atoms with Crippen molar-refractivity contribution in [2.75, 3.05) is 0 Å². The second-order valence-corrected chi connectivity index (χ2v) is 8.35. The van der Waals surface area contributed by atoms with Crippen molar-refractivity contribution in [1.82, 2.24) is 10.4 Å². The fraction of sp³-hybridized carbons (Fsp3) is 0.481. The van der Waals surface area contributed by atoms with Gasteiger partial charge < -0.3 is 0 Å². The van der Waals surface area contributed by atoms with Gasteiger partial charge in [0, 0.05) is 11.1 Å². The van der Waals surface area contributed by atoms with E-state index in [-0.39, 0.29) is 17.9 Å². The minimum absolute atomic E-state index is 0.00938. The fourth-order valence-corrected chi connectivity index (χ4v) is 3.75. The van der Waals surface area contributed by atoms with Crippen LogP contribution in [0.2, 0.25) is 0 Å². The van der Waals surface area contributed by atoms with Gasteiger partial charge in [0.1, 0.15) is 0 Å². The molecule has 4 nitrogen and oxygen atoms in total. The van der Waals surface area contributed by atoms with Crippen LogP contribution >= 0.6 is 0 Å². The smallest absolute Gasteiger partial charge is 0.267 e. The van der Waals surface area contributed by atoms with Crippen LogP contribution in [0.5, 0.6) is 0 Å². The number of rotatable bonds is 12. The molecule has 0 bridgehead atoms. The van der Waals surface area contributed by atoms with Crippen LogP contribution in [-0.2, 0) is 0 Å². The van der Waals surface area contributed by atoms with E-state index in [4.69, 9.17) is 0 Å². The van der Waals surface area contributed by atoms with Crippen LogP contribution in [0.3, 0.4) is 0 Å². The van der Waals surface area contributed by atoms with Crippen molar-refractivity contribution in [3.05, 3.63) is 71.3 Å². The third kappa shape index (κ3) is 8.20. The monoisotopic (exact) mass is 422 g/mol. The van der Waals surface area contributed by atoms with Crippen LogP contribution < -0.4 is 5.43 Å². The summed E-state index contributed by atoms with van der Waals surface area (Å²) in [6.07, 6.45) is 9.69. The second kappa shape index (κ2) is 13.6. The number of hydrogen-bond acceptors (Lipinski definition) is 2. The minimum atomic E-state index is -0.241. The molecule has 1 atom stereocenters. The number of unbranched alkanes of at least 4 members (excludes halogenated alkanes) is 5. The number of carbonyl (C=O) groups excluding carboxylic acids is 2. The molecule has 0 fully saturated rings. The Morgan fingerprint density at radius 2 is 1.35 bits per heavy atom. The van der Waals surface area contributed by atoms with E-state index in [0.717, 1.165) is 50.5 Å². The van der Waals surface area contributed by atoms with E-state index < -0.39 is 0 Å². The summed E-state index contributed by atoms with van der Waals surface area (Å²) >= 11 is 0. The maximum atomic E-state index is 13.5. The van der Waals surface area contributed by atoms with E-state index in [0.29, 0.717) is 11.1 Å². The number of nitrogens with zero attached hydrogens (tertiary/aromatic N) is 1. The van der Waals surface area contributed by atoms with Crippen LogP contribution in [0.15, 0.2) is 54.6 Å². The summed E-state index contributed by atoms with van der Waals surface area (Å²) in [4.78, 5) is 26.4. The minimum Gasteiger partial charge on any atom is -0.267 e. The molecule has 0 saturated heterocycles. The summed E-state index contributed by atoms with van der Waals surface area (Å²) in [6.45, 7) is 6.39. The Labute approximate surface area is 188 Å².